The van der Waals surface area contributed by atoms with Crippen LogP contribution in [0.4, 0.5) is 10.1 Å². The lowest BCUT2D eigenvalue weighted by molar-refractivity contribution is 0.0994. The molecule has 2 N–H and O–H groups in total. The molecule has 2 aromatic carbocycles. The van der Waals surface area contributed by atoms with Crippen molar-refractivity contribution in [1.29, 1.82) is 0 Å². The van der Waals surface area contributed by atoms with E-state index in [-0.39, 0.29) is 23.9 Å². The quantitative estimate of drug-likeness (QED) is 0.702. The van der Waals surface area contributed by atoms with E-state index in [0.29, 0.717) is 22.4 Å². The number of hydrogen-bond acceptors (Lipinski definition) is 5. The minimum atomic E-state index is -0.626. The smallest absolute Gasteiger partial charge is 0.295 e. The predicted molar refractivity (Wildman–Crippen MR) is 81.3 cm³/mol. The lowest BCUT2D eigenvalue weighted by Crippen LogP contribution is -1.94. The molecule has 0 radical (unpaired) electrons. The number of aromatic nitrogens is 1. The van der Waals surface area contributed by atoms with Crippen LogP contribution >= 0.6 is 0 Å². The average molecular weight is 327 g/mol. The fourth-order valence-corrected chi connectivity index (χ4v) is 2.42. The molecule has 3 aromatic rings. The molecule has 0 aliphatic carbocycles. The number of carbonyl (C=O) groups excluding carboxylic acids is 1. The Morgan fingerprint density at radius 1 is 1.17 bits per heavy atom. The van der Waals surface area contributed by atoms with E-state index in [1.54, 1.807) is 6.07 Å². The molecule has 0 spiro atoms. The Morgan fingerprint density at radius 2 is 2.00 bits per heavy atom. The van der Waals surface area contributed by atoms with Gasteiger partial charge in [-0.3, -0.25) is 4.79 Å². The number of halogens is 1. The highest BCUT2D eigenvalue weighted by Gasteiger charge is 2.17. The molecular weight excluding hydrogens is 317 g/mol. The van der Waals surface area contributed by atoms with Crippen molar-refractivity contribution >= 4 is 22.5 Å². The number of ether oxygens (including phenoxy) is 2. The number of hydrogen-bond donors (Lipinski definition) is 2. The van der Waals surface area contributed by atoms with E-state index >= 15 is 0 Å². The molecule has 2 heterocycles. The summed E-state index contributed by atoms with van der Waals surface area (Å²) in [6.45, 7) is 0.100. The van der Waals surface area contributed by atoms with Crippen LogP contribution in [0.2, 0.25) is 0 Å². The molecule has 0 saturated carbocycles. The molecule has 0 bridgehead atoms. The SMILES string of the molecule is O=C(N=Nc1c(O)[nH]c2ccc(F)cc12)c1ccc2c(c1)OCO2. The number of carbonyl (C=O) groups is 1. The summed E-state index contributed by atoms with van der Waals surface area (Å²) in [4.78, 5) is 14.8. The fraction of sp³-hybridized carbons (Fsp3) is 0.0625. The first-order chi connectivity index (χ1) is 11.6. The monoisotopic (exact) mass is 327 g/mol. The van der Waals surface area contributed by atoms with Crippen molar-refractivity contribution < 1.29 is 23.8 Å². The van der Waals surface area contributed by atoms with E-state index in [0.717, 1.165) is 0 Å². The highest BCUT2D eigenvalue weighted by Crippen LogP contribution is 2.36. The van der Waals surface area contributed by atoms with Gasteiger partial charge in [0.1, 0.15) is 5.82 Å². The standard InChI is InChI=1S/C16H10FN3O4/c17-9-2-3-11-10(6-9)14(16(22)18-11)19-20-15(21)8-1-4-12-13(5-8)24-7-23-12/h1-6,18,22H,7H2. The largest absolute Gasteiger partial charge is 0.493 e. The Bertz CT molecular complexity index is 996. The third-order valence-corrected chi connectivity index (χ3v) is 3.57. The first kappa shape index (κ1) is 14.2. The van der Waals surface area contributed by atoms with Crippen molar-refractivity contribution in [2.75, 3.05) is 6.79 Å². The molecule has 0 atom stereocenters. The second-order valence-electron chi connectivity index (χ2n) is 5.09. The molecule has 120 valence electrons. The van der Waals surface area contributed by atoms with Gasteiger partial charge in [0.15, 0.2) is 17.2 Å². The topological polar surface area (TPSA) is 96.3 Å². The lowest BCUT2D eigenvalue weighted by Gasteiger charge is -1.98. The minimum Gasteiger partial charge on any atom is -0.493 e. The Morgan fingerprint density at radius 3 is 2.88 bits per heavy atom. The summed E-state index contributed by atoms with van der Waals surface area (Å²) < 4.78 is 23.7. The van der Waals surface area contributed by atoms with E-state index in [1.165, 1.54) is 30.3 Å². The first-order valence-corrected chi connectivity index (χ1v) is 6.98. The van der Waals surface area contributed by atoms with Crippen molar-refractivity contribution in [3.63, 3.8) is 0 Å². The van der Waals surface area contributed by atoms with Crippen LogP contribution in [-0.4, -0.2) is 22.8 Å². The molecule has 0 saturated heterocycles. The van der Waals surface area contributed by atoms with Crippen LogP contribution in [0, 0.1) is 5.82 Å². The Kier molecular flexibility index (Phi) is 3.16. The molecule has 4 rings (SSSR count). The molecule has 0 fully saturated rings. The molecular formula is C16H10FN3O4. The number of H-pyrrole nitrogens is 1. The van der Waals surface area contributed by atoms with E-state index in [4.69, 9.17) is 9.47 Å². The third kappa shape index (κ3) is 2.34. The molecule has 1 aliphatic rings. The van der Waals surface area contributed by atoms with Gasteiger partial charge in [-0.1, -0.05) is 0 Å². The molecule has 0 unspecified atom stereocenters. The fourth-order valence-electron chi connectivity index (χ4n) is 2.42. The number of nitrogens with zero attached hydrogens (tertiary/aromatic N) is 2. The number of amides is 1. The summed E-state index contributed by atoms with van der Waals surface area (Å²) in [7, 11) is 0. The summed E-state index contributed by atoms with van der Waals surface area (Å²) in [6, 6.07) is 8.54. The number of rotatable bonds is 2. The summed E-state index contributed by atoms with van der Waals surface area (Å²) in [6.07, 6.45) is 0. The van der Waals surface area contributed by atoms with Gasteiger partial charge in [0.2, 0.25) is 12.7 Å². The van der Waals surface area contributed by atoms with Crippen molar-refractivity contribution in [1.82, 2.24) is 4.98 Å². The van der Waals surface area contributed by atoms with E-state index < -0.39 is 11.7 Å². The van der Waals surface area contributed by atoms with Gasteiger partial charge in [-0.2, -0.15) is 0 Å². The zero-order valence-corrected chi connectivity index (χ0v) is 12.1. The Balaban J connectivity index is 1.66. The Hall–Kier alpha value is -3.42. The van der Waals surface area contributed by atoms with Gasteiger partial charge in [-0.25, -0.2) is 4.39 Å². The normalized spacial score (nSPS) is 13.0. The second kappa shape index (κ2) is 5.34. The highest BCUT2D eigenvalue weighted by molar-refractivity contribution is 5.97. The zero-order valence-electron chi connectivity index (χ0n) is 12.1. The van der Waals surface area contributed by atoms with Crippen LogP contribution in [-0.2, 0) is 0 Å². The van der Waals surface area contributed by atoms with Crippen LogP contribution in [0.25, 0.3) is 10.9 Å². The van der Waals surface area contributed by atoms with Crippen molar-refractivity contribution in [2.24, 2.45) is 10.2 Å². The van der Waals surface area contributed by atoms with Crippen LogP contribution in [0.3, 0.4) is 0 Å². The predicted octanol–water partition coefficient (Wildman–Crippen LogP) is 3.67. The summed E-state index contributed by atoms with van der Waals surface area (Å²) in [5.41, 5.74) is 0.741. The summed E-state index contributed by atoms with van der Waals surface area (Å²) >= 11 is 0. The van der Waals surface area contributed by atoms with Gasteiger partial charge < -0.3 is 19.6 Å². The van der Waals surface area contributed by atoms with Crippen molar-refractivity contribution in [3.8, 4) is 17.4 Å². The maximum Gasteiger partial charge on any atom is 0.295 e. The van der Waals surface area contributed by atoms with Crippen LogP contribution in [0.5, 0.6) is 17.4 Å². The minimum absolute atomic E-state index is 0.00130. The summed E-state index contributed by atoms with van der Waals surface area (Å²) in [5.74, 6) is -0.405. The number of benzene rings is 2. The number of azo groups is 1. The van der Waals surface area contributed by atoms with Gasteiger partial charge >= 0.3 is 0 Å². The van der Waals surface area contributed by atoms with Crippen molar-refractivity contribution in [2.45, 2.75) is 0 Å². The van der Waals surface area contributed by atoms with Crippen molar-refractivity contribution in [3.05, 3.63) is 47.8 Å². The highest BCUT2D eigenvalue weighted by atomic mass is 19.1. The third-order valence-electron chi connectivity index (χ3n) is 3.57. The molecule has 7 nitrogen and oxygen atoms in total. The lowest BCUT2D eigenvalue weighted by atomic mass is 10.2. The zero-order chi connectivity index (χ0) is 16.7. The first-order valence-electron chi connectivity index (χ1n) is 6.98. The van der Waals surface area contributed by atoms with Crippen LogP contribution < -0.4 is 9.47 Å². The molecule has 1 aliphatic heterocycles. The van der Waals surface area contributed by atoms with Crippen LogP contribution in [0.15, 0.2) is 46.6 Å². The van der Waals surface area contributed by atoms with Gasteiger partial charge in [0.05, 0.1) is 5.52 Å². The van der Waals surface area contributed by atoms with E-state index in [1.807, 2.05) is 0 Å². The summed E-state index contributed by atoms with van der Waals surface area (Å²) in [5, 5.41) is 17.5. The van der Waals surface area contributed by atoms with Gasteiger partial charge in [0, 0.05) is 10.9 Å². The number of aromatic hydroxyl groups is 1. The second-order valence-corrected chi connectivity index (χ2v) is 5.09. The van der Waals surface area contributed by atoms with Gasteiger partial charge in [0.25, 0.3) is 5.91 Å². The number of fused-ring (bicyclic) bond motifs is 2. The Labute approximate surface area is 134 Å². The maximum absolute atomic E-state index is 13.4. The van der Waals surface area contributed by atoms with E-state index in [2.05, 4.69) is 15.2 Å². The van der Waals surface area contributed by atoms with Crippen LogP contribution in [0.1, 0.15) is 10.4 Å². The van der Waals surface area contributed by atoms with E-state index in [9.17, 15) is 14.3 Å². The molecule has 8 heteroatoms. The maximum atomic E-state index is 13.4. The molecule has 24 heavy (non-hydrogen) atoms. The molecule has 1 aromatic heterocycles. The average Bonchev–Trinajstić information content (AvgIpc) is 3.15. The molecule has 1 amide bonds. The number of nitrogens with one attached hydrogen (secondary N) is 1. The van der Waals surface area contributed by atoms with Gasteiger partial charge in [-0.05, 0) is 36.4 Å². The number of aromatic amines is 1. The van der Waals surface area contributed by atoms with Gasteiger partial charge in [-0.15, -0.1) is 10.2 Å².